The van der Waals surface area contributed by atoms with Crippen molar-refractivity contribution < 1.29 is 19.1 Å². The Hall–Kier alpha value is -2.84. The van der Waals surface area contributed by atoms with Gasteiger partial charge in [0, 0.05) is 18.7 Å². The van der Waals surface area contributed by atoms with Gasteiger partial charge in [0.25, 0.3) is 0 Å². The molecule has 0 radical (unpaired) electrons. The molecule has 144 valence electrons. The van der Waals surface area contributed by atoms with E-state index in [1.165, 1.54) is 34.5 Å². The van der Waals surface area contributed by atoms with Crippen molar-refractivity contribution in [1.29, 1.82) is 0 Å². The van der Waals surface area contributed by atoms with Gasteiger partial charge in [-0.3, -0.25) is 19.3 Å². The van der Waals surface area contributed by atoms with E-state index in [-0.39, 0.29) is 31.1 Å². The second-order valence-corrected chi connectivity index (χ2v) is 7.66. The smallest absolute Gasteiger partial charge is 0.306 e. The lowest BCUT2D eigenvalue weighted by molar-refractivity contribution is -0.145. The zero-order valence-electron chi connectivity index (χ0n) is 15.2. The number of nitrogens with zero attached hydrogens (tertiary/aromatic N) is 2. The maximum absolute atomic E-state index is 12.0. The Morgan fingerprint density at radius 1 is 1.04 bits per heavy atom. The predicted octanol–water partition coefficient (Wildman–Crippen LogP) is 4.60. The number of aromatic nitrogens is 1. The van der Waals surface area contributed by atoms with Crippen LogP contribution in [0, 0.1) is 0 Å². The Morgan fingerprint density at radius 2 is 1.82 bits per heavy atom. The van der Waals surface area contributed by atoms with Crippen LogP contribution in [0.3, 0.4) is 0 Å². The van der Waals surface area contributed by atoms with Crippen molar-refractivity contribution in [3.8, 4) is 0 Å². The van der Waals surface area contributed by atoms with E-state index in [0.717, 1.165) is 5.69 Å². The Balaban J connectivity index is 1.54. The van der Waals surface area contributed by atoms with Crippen molar-refractivity contribution in [3.05, 3.63) is 63.8 Å². The van der Waals surface area contributed by atoms with Gasteiger partial charge < -0.3 is 4.74 Å². The van der Waals surface area contributed by atoms with E-state index in [1.54, 1.807) is 17.5 Å². The first-order valence-corrected chi connectivity index (χ1v) is 10.3. The second kappa shape index (κ2) is 9.38. The van der Waals surface area contributed by atoms with Crippen LogP contribution in [-0.2, 0) is 20.9 Å². The summed E-state index contributed by atoms with van der Waals surface area (Å²) in [5.74, 6) is -0.676. The summed E-state index contributed by atoms with van der Waals surface area (Å²) in [6.07, 6.45) is 0.144. The monoisotopic (exact) mass is 414 g/mol. The molecule has 0 aliphatic heterocycles. The molecule has 28 heavy (non-hydrogen) atoms. The van der Waals surface area contributed by atoms with Gasteiger partial charge in [-0.1, -0.05) is 24.3 Å². The third-order valence-corrected chi connectivity index (χ3v) is 5.58. The maximum Gasteiger partial charge on any atom is 0.306 e. The fourth-order valence-electron chi connectivity index (χ4n) is 2.47. The van der Waals surface area contributed by atoms with Crippen molar-refractivity contribution >= 4 is 51.2 Å². The number of para-hydroxylation sites is 1. The van der Waals surface area contributed by atoms with Gasteiger partial charge in [-0.2, -0.15) is 0 Å². The minimum absolute atomic E-state index is 0.00304. The van der Waals surface area contributed by atoms with Gasteiger partial charge in [0.05, 0.1) is 22.7 Å². The quantitative estimate of drug-likeness (QED) is 0.398. The van der Waals surface area contributed by atoms with Crippen molar-refractivity contribution in [2.24, 2.45) is 0 Å². The number of thiophene rings is 1. The number of thiazole rings is 1. The second-order valence-electron chi connectivity index (χ2n) is 5.87. The molecule has 0 atom stereocenters. The van der Waals surface area contributed by atoms with E-state index >= 15 is 0 Å². The molecule has 6 nitrogen and oxygen atoms in total. The molecule has 1 aromatic carbocycles. The minimum atomic E-state index is -0.453. The Bertz CT molecular complexity index is 952. The normalized spacial score (nSPS) is 10.5. The van der Waals surface area contributed by atoms with Crippen LogP contribution in [0.25, 0.3) is 0 Å². The summed E-state index contributed by atoms with van der Waals surface area (Å²) in [6, 6.07) is 12.8. The standard InChI is InChI=1S/C20H18N2O4S2/c1-14(23)22(16-6-3-2-4-7-16)20-21-15(13-28-20)12-26-19(25)10-9-17(24)18-8-5-11-27-18/h2-8,11,13H,9-10,12H2,1H3. The number of rotatable bonds is 8. The van der Waals surface area contributed by atoms with Gasteiger partial charge in [0.2, 0.25) is 5.91 Å². The molecule has 2 aromatic heterocycles. The third kappa shape index (κ3) is 5.11. The number of hydrogen-bond donors (Lipinski definition) is 0. The predicted molar refractivity (Wildman–Crippen MR) is 109 cm³/mol. The van der Waals surface area contributed by atoms with Gasteiger partial charge in [-0.05, 0) is 23.6 Å². The number of benzene rings is 1. The van der Waals surface area contributed by atoms with E-state index in [9.17, 15) is 14.4 Å². The Morgan fingerprint density at radius 3 is 2.50 bits per heavy atom. The summed E-state index contributed by atoms with van der Waals surface area (Å²) in [5.41, 5.74) is 1.28. The highest BCUT2D eigenvalue weighted by Gasteiger charge is 2.18. The topological polar surface area (TPSA) is 76.6 Å². The number of Topliss-reactive ketones (excluding diaryl/α,β-unsaturated/α-hetero) is 1. The number of ether oxygens (including phenoxy) is 1. The molecule has 3 rings (SSSR count). The molecular formula is C20H18N2O4S2. The van der Waals surface area contributed by atoms with Gasteiger partial charge in [0.15, 0.2) is 10.9 Å². The summed E-state index contributed by atoms with van der Waals surface area (Å²) in [4.78, 5) is 42.4. The number of esters is 1. The van der Waals surface area contributed by atoms with Crippen LogP contribution >= 0.6 is 22.7 Å². The molecule has 1 amide bonds. The Labute approximate surface area is 170 Å². The minimum Gasteiger partial charge on any atom is -0.459 e. The van der Waals surface area contributed by atoms with Gasteiger partial charge in [-0.25, -0.2) is 4.98 Å². The molecule has 8 heteroatoms. The molecule has 0 N–H and O–H groups in total. The molecule has 2 heterocycles. The molecular weight excluding hydrogens is 396 g/mol. The summed E-state index contributed by atoms with van der Waals surface area (Å²) in [6.45, 7) is 1.47. The first-order valence-electron chi connectivity index (χ1n) is 8.57. The first-order chi connectivity index (χ1) is 13.5. The van der Waals surface area contributed by atoms with Gasteiger partial charge in [0.1, 0.15) is 6.61 Å². The number of hydrogen-bond acceptors (Lipinski definition) is 7. The first kappa shape index (κ1) is 19.9. The van der Waals surface area contributed by atoms with Gasteiger partial charge in [-0.15, -0.1) is 22.7 Å². The van der Waals surface area contributed by atoms with Crippen LogP contribution in [-0.4, -0.2) is 22.6 Å². The Kier molecular flexibility index (Phi) is 6.67. The van der Waals surface area contributed by atoms with Crippen LogP contribution in [0.15, 0.2) is 53.2 Å². The van der Waals surface area contributed by atoms with Crippen LogP contribution in [0.2, 0.25) is 0 Å². The van der Waals surface area contributed by atoms with Crippen molar-refractivity contribution in [3.63, 3.8) is 0 Å². The number of amides is 1. The van der Waals surface area contributed by atoms with Crippen LogP contribution in [0.5, 0.6) is 0 Å². The number of ketones is 1. The van der Waals surface area contributed by atoms with E-state index in [0.29, 0.717) is 15.7 Å². The van der Waals surface area contributed by atoms with Crippen LogP contribution < -0.4 is 4.90 Å². The highest BCUT2D eigenvalue weighted by atomic mass is 32.1. The van der Waals surface area contributed by atoms with Gasteiger partial charge >= 0.3 is 5.97 Å². The van der Waals surface area contributed by atoms with Crippen molar-refractivity contribution in [2.45, 2.75) is 26.4 Å². The maximum atomic E-state index is 12.0. The largest absolute Gasteiger partial charge is 0.459 e. The molecule has 0 bridgehead atoms. The number of carbonyl (C=O) groups excluding carboxylic acids is 3. The van der Waals surface area contributed by atoms with Crippen LogP contribution in [0.1, 0.15) is 35.1 Å². The average molecular weight is 415 g/mol. The summed E-state index contributed by atoms with van der Waals surface area (Å²) < 4.78 is 5.21. The highest BCUT2D eigenvalue weighted by Crippen LogP contribution is 2.28. The molecule has 0 unspecified atom stereocenters. The lowest BCUT2D eigenvalue weighted by atomic mass is 10.2. The average Bonchev–Trinajstić information content (AvgIpc) is 3.37. The van der Waals surface area contributed by atoms with Crippen LogP contribution in [0.4, 0.5) is 10.8 Å². The number of carbonyl (C=O) groups is 3. The molecule has 0 aliphatic carbocycles. The molecule has 0 aliphatic rings. The summed E-state index contributed by atoms with van der Waals surface area (Å²) in [5, 5.41) is 4.08. The third-order valence-electron chi connectivity index (χ3n) is 3.79. The molecule has 0 saturated heterocycles. The van der Waals surface area contributed by atoms with E-state index in [1.807, 2.05) is 35.7 Å². The van der Waals surface area contributed by atoms with Crippen molar-refractivity contribution in [2.75, 3.05) is 4.90 Å². The molecule has 3 aromatic rings. The lowest BCUT2D eigenvalue weighted by Gasteiger charge is -2.17. The van der Waals surface area contributed by atoms with Crippen molar-refractivity contribution in [1.82, 2.24) is 4.98 Å². The summed E-state index contributed by atoms with van der Waals surface area (Å²) >= 11 is 2.66. The molecule has 0 saturated carbocycles. The summed E-state index contributed by atoms with van der Waals surface area (Å²) in [7, 11) is 0. The molecule has 0 fully saturated rings. The zero-order chi connectivity index (χ0) is 19.9. The lowest BCUT2D eigenvalue weighted by Crippen LogP contribution is -2.22. The number of anilines is 2. The van der Waals surface area contributed by atoms with E-state index in [2.05, 4.69) is 4.98 Å². The zero-order valence-corrected chi connectivity index (χ0v) is 16.8. The molecule has 0 spiro atoms. The SMILES string of the molecule is CC(=O)N(c1ccccc1)c1nc(COC(=O)CCC(=O)c2cccs2)cs1. The fraction of sp³-hybridized carbons (Fsp3) is 0.200. The van der Waals surface area contributed by atoms with E-state index < -0.39 is 5.97 Å². The fourth-order valence-corrected chi connectivity index (χ4v) is 4.04. The van der Waals surface area contributed by atoms with E-state index in [4.69, 9.17) is 4.74 Å². The highest BCUT2D eigenvalue weighted by molar-refractivity contribution is 7.14.